The lowest BCUT2D eigenvalue weighted by Crippen LogP contribution is -2.08. The Kier molecular flexibility index (Phi) is 4.39. The minimum Gasteiger partial charge on any atom is -0.322 e. The van der Waals surface area contributed by atoms with Crippen molar-refractivity contribution in [3.8, 4) is 0 Å². The summed E-state index contributed by atoms with van der Waals surface area (Å²) in [7, 11) is 0. The van der Waals surface area contributed by atoms with E-state index in [1.165, 1.54) is 12.1 Å². The van der Waals surface area contributed by atoms with Crippen LogP contribution >= 0.6 is 0 Å². The van der Waals surface area contributed by atoms with Crippen LogP contribution in [0.5, 0.6) is 0 Å². The van der Waals surface area contributed by atoms with Crippen molar-refractivity contribution in [3.05, 3.63) is 54.1 Å². The second-order valence-corrected chi connectivity index (χ2v) is 3.00. The predicted molar refractivity (Wildman–Crippen MR) is 58.9 cm³/mol. The molecule has 0 atom stereocenters. The quantitative estimate of drug-likeness (QED) is 0.619. The zero-order valence-electron chi connectivity index (χ0n) is 8.71. The van der Waals surface area contributed by atoms with Crippen LogP contribution in [0.25, 0.3) is 0 Å². The number of amides is 1. The third-order valence-electron chi connectivity index (χ3n) is 1.74. The van der Waals surface area contributed by atoms with Crippen LogP contribution in [0, 0.1) is 11.6 Å². The summed E-state index contributed by atoms with van der Waals surface area (Å²) in [6.45, 7) is 1.82. The van der Waals surface area contributed by atoms with E-state index in [2.05, 4.69) is 5.32 Å². The number of halogens is 2. The molecule has 0 aliphatic heterocycles. The first-order valence-corrected chi connectivity index (χ1v) is 4.69. The Morgan fingerprint density at radius 2 is 2.00 bits per heavy atom. The monoisotopic (exact) mass is 223 g/mol. The molecule has 0 spiro atoms. The van der Waals surface area contributed by atoms with Gasteiger partial charge in [0.25, 0.3) is 0 Å². The van der Waals surface area contributed by atoms with Gasteiger partial charge in [0.15, 0.2) is 11.6 Å². The lowest BCUT2D eigenvalue weighted by molar-refractivity contribution is -0.111. The fraction of sp³-hybridized carbons (Fsp3) is 0.0833. The molecular weight excluding hydrogens is 212 g/mol. The maximum atomic E-state index is 12.8. The molecule has 84 valence electrons. The minimum atomic E-state index is -0.991. The van der Waals surface area contributed by atoms with Crippen LogP contribution in [0.2, 0.25) is 0 Å². The zero-order chi connectivity index (χ0) is 12.0. The van der Waals surface area contributed by atoms with E-state index in [9.17, 15) is 13.6 Å². The SMILES string of the molecule is C/C=C/C=C/C(=O)Nc1ccc(F)c(F)c1. The zero-order valence-corrected chi connectivity index (χ0v) is 8.71. The van der Waals surface area contributed by atoms with Crippen molar-refractivity contribution in [2.45, 2.75) is 6.92 Å². The fourth-order valence-electron chi connectivity index (χ4n) is 1.01. The summed E-state index contributed by atoms with van der Waals surface area (Å²) >= 11 is 0. The Labute approximate surface area is 92.3 Å². The lowest BCUT2D eigenvalue weighted by atomic mass is 10.3. The number of hydrogen-bond acceptors (Lipinski definition) is 1. The molecular formula is C12H11F2NO. The molecule has 1 N–H and O–H groups in total. The topological polar surface area (TPSA) is 29.1 Å². The van der Waals surface area contributed by atoms with Gasteiger partial charge in [-0.1, -0.05) is 18.2 Å². The van der Waals surface area contributed by atoms with E-state index in [0.717, 1.165) is 12.1 Å². The highest BCUT2D eigenvalue weighted by Gasteiger charge is 2.03. The van der Waals surface area contributed by atoms with Crippen LogP contribution in [0.3, 0.4) is 0 Å². The van der Waals surface area contributed by atoms with Crippen LogP contribution in [0.15, 0.2) is 42.5 Å². The molecule has 1 amide bonds. The Bertz CT molecular complexity index is 439. The van der Waals surface area contributed by atoms with E-state index < -0.39 is 17.5 Å². The minimum absolute atomic E-state index is 0.217. The number of benzene rings is 1. The molecule has 0 saturated heterocycles. The molecule has 0 unspecified atom stereocenters. The van der Waals surface area contributed by atoms with Crippen LogP contribution in [0.4, 0.5) is 14.5 Å². The van der Waals surface area contributed by atoms with Gasteiger partial charge in [0, 0.05) is 17.8 Å². The van der Waals surface area contributed by atoms with Gasteiger partial charge in [-0.2, -0.15) is 0 Å². The van der Waals surface area contributed by atoms with Gasteiger partial charge in [0.05, 0.1) is 0 Å². The summed E-state index contributed by atoms with van der Waals surface area (Å²) in [6.07, 6.45) is 6.29. The number of nitrogens with one attached hydrogen (secondary N) is 1. The summed E-state index contributed by atoms with van der Waals surface area (Å²) in [5, 5.41) is 2.40. The summed E-state index contributed by atoms with van der Waals surface area (Å²) in [5.41, 5.74) is 0.217. The second kappa shape index (κ2) is 5.80. The van der Waals surface area contributed by atoms with Gasteiger partial charge in [-0.15, -0.1) is 0 Å². The van der Waals surface area contributed by atoms with Gasteiger partial charge in [0.2, 0.25) is 5.91 Å². The molecule has 0 heterocycles. The predicted octanol–water partition coefficient (Wildman–Crippen LogP) is 3.04. The summed E-state index contributed by atoms with van der Waals surface area (Å²) in [4.78, 5) is 11.2. The van der Waals surface area contributed by atoms with Crippen molar-refractivity contribution in [2.24, 2.45) is 0 Å². The Morgan fingerprint density at radius 3 is 2.62 bits per heavy atom. The molecule has 0 fully saturated rings. The van der Waals surface area contributed by atoms with E-state index >= 15 is 0 Å². The van der Waals surface area contributed by atoms with Crippen LogP contribution < -0.4 is 5.32 Å². The number of rotatable bonds is 3. The van der Waals surface area contributed by atoms with E-state index in [1.807, 2.05) is 6.92 Å². The van der Waals surface area contributed by atoms with Crippen molar-refractivity contribution in [1.82, 2.24) is 0 Å². The van der Waals surface area contributed by atoms with E-state index in [4.69, 9.17) is 0 Å². The third-order valence-corrected chi connectivity index (χ3v) is 1.74. The lowest BCUT2D eigenvalue weighted by Gasteiger charge is -2.01. The second-order valence-electron chi connectivity index (χ2n) is 3.00. The normalized spacial score (nSPS) is 11.2. The van der Waals surface area contributed by atoms with E-state index in [0.29, 0.717) is 0 Å². The molecule has 1 aromatic rings. The maximum Gasteiger partial charge on any atom is 0.248 e. The molecule has 1 aromatic carbocycles. The number of anilines is 1. The van der Waals surface area contributed by atoms with E-state index in [-0.39, 0.29) is 5.69 Å². The highest BCUT2D eigenvalue weighted by atomic mass is 19.2. The molecule has 1 rings (SSSR count). The van der Waals surface area contributed by atoms with Crippen LogP contribution in [-0.2, 0) is 4.79 Å². The number of allylic oxidation sites excluding steroid dienone is 3. The molecule has 0 aromatic heterocycles. The first-order chi connectivity index (χ1) is 7.63. The fourth-order valence-corrected chi connectivity index (χ4v) is 1.01. The van der Waals surface area contributed by atoms with Crippen molar-refractivity contribution >= 4 is 11.6 Å². The first kappa shape index (κ1) is 12.1. The molecule has 0 saturated carbocycles. The maximum absolute atomic E-state index is 12.8. The van der Waals surface area contributed by atoms with Crippen molar-refractivity contribution < 1.29 is 13.6 Å². The summed E-state index contributed by atoms with van der Waals surface area (Å²) in [6, 6.07) is 3.18. The summed E-state index contributed by atoms with van der Waals surface area (Å²) < 4.78 is 25.4. The van der Waals surface area contributed by atoms with Crippen LogP contribution in [0.1, 0.15) is 6.92 Å². The van der Waals surface area contributed by atoms with Crippen molar-refractivity contribution in [3.63, 3.8) is 0 Å². The molecule has 4 heteroatoms. The van der Waals surface area contributed by atoms with Crippen molar-refractivity contribution in [1.29, 1.82) is 0 Å². The molecule has 0 aliphatic carbocycles. The smallest absolute Gasteiger partial charge is 0.248 e. The molecule has 0 radical (unpaired) electrons. The largest absolute Gasteiger partial charge is 0.322 e. The molecule has 0 aliphatic rings. The highest BCUT2D eigenvalue weighted by Crippen LogP contribution is 2.12. The molecule has 2 nitrogen and oxygen atoms in total. The van der Waals surface area contributed by atoms with Gasteiger partial charge < -0.3 is 5.32 Å². The first-order valence-electron chi connectivity index (χ1n) is 4.69. The number of hydrogen-bond donors (Lipinski definition) is 1. The molecule has 0 bridgehead atoms. The van der Waals surface area contributed by atoms with Gasteiger partial charge in [-0.3, -0.25) is 4.79 Å². The average molecular weight is 223 g/mol. The molecule has 16 heavy (non-hydrogen) atoms. The van der Waals surface area contributed by atoms with Gasteiger partial charge >= 0.3 is 0 Å². The Hall–Kier alpha value is -1.97. The number of carbonyl (C=O) groups excluding carboxylic acids is 1. The Morgan fingerprint density at radius 1 is 1.25 bits per heavy atom. The van der Waals surface area contributed by atoms with Crippen molar-refractivity contribution in [2.75, 3.05) is 5.32 Å². The van der Waals surface area contributed by atoms with Gasteiger partial charge in [-0.05, 0) is 19.1 Å². The third kappa shape index (κ3) is 3.65. The number of carbonyl (C=O) groups is 1. The van der Waals surface area contributed by atoms with Crippen LogP contribution in [-0.4, -0.2) is 5.91 Å². The average Bonchev–Trinajstić information content (AvgIpc) is 2.24. The van der Waals surface area contributed by atoms with Gasteiger partial charge in [-0.25, -0.2) is 8.78 Å². The summed E-state index contributed by atoms with van der Waals surface area (Å²) in [5.74, 6) is -2.33. The highest BCUT2D eigenvalue weighted by molar-refractivity contribution is 5.99. The van der Waals surface area contributed by atoms with E-state index in [1.54, 1.807) is 18.2 Å². The Balaban J connectivity index is 2.66. The standard InChI is InChI=1S/C12H11F2NO/c1-2-3-4-5-12(16)15-9-6-7-10(13)11(14)8-9/h2-8H,1H3,(H,15,16)/b3-2+,5-4+. The van der Waals surface area contributed by atoms with Gasteiger partial charge in [0.1, 0.15) is 0 Å².